The molecule has 2 aliphatic heterocycles. The van der Waals surface area contributed by atoms with E-state index in [0.29, 0.717) is 11.8 Å². The Morgan fingerprint density at radius 2 is 0.917 bits per heavy atom. The van der Waals surface area contributed by atoms with Crippen LogP contribution < -0.4 is 0 Å². The van der Waals surface area contributed by atoms with E-state index in [0.717, 1.165) is 24.3 Å². The first-order chi connectivity index (χ1) is 17.6. The molecule has 0 aromatic heterocycles. The first-order valence-electron chi connectivity index (χ1n) is 15.3. The minimum Gasteiger partial charge on any atom is -0.348 e. The summed E-state index contributed by atoms with van der Waals surface area (Å²) in [6, 6.07) is 8.45. The third-order valence-electron chi connectivity index (χ3n) is 8.27. The topological polar surface area (TPSA) is 36.9 Å². The van der Waals surface area contributed by atoms with Crippen LogP contribution in [0.15, 0.2) is 24.3 Å². The molecule has 0 N–H and O–H groups in total. The third kappa shape index (κ3) is 9.74. The first kappa shape index (κ1) is 29.6. The zero-order chi connectivity index (χ0) is 25.6. The molecular formula is C32H54O4. The third-order valence-corrected chi connectivity index (χ3v) is 8.27. The number of ether oxygens (including phenoxy) is 4. The molecule has 0 bridgehead atoms. The molecular weight excluding hydrogens is 448 g/mol. The van der Waals surface area contributed by atoms with E-state index in [-0.39, 0.29) is 24.8 Å². The maximum absolute atomic E-state index is 6.28. The molecule has 0 unspecified atom stereocenters. The van der Waals surface area contributed by atoms with E-state index in [2.05, 4.69) is 52.0 Å². The van der Waals surface area contributed by atoms with Gasteiger partial charge in [-0.1, -0.05) is 115 Å². The molecule has 0 spiro atoms. The SMILES string of the molecule is CCCCCCCC[C@H]1CO[C@H](c2ccc([C@H]3OC[C@H](CCCCCCCC)[C@@H](C)O3)cc2)O[C@@H]1C. The van der Waals surface area contributed by atoms with E-state index in [4.69, 9.17) is 18.9 Å². The Labute approximate surface area is 221 Å². The van der Waals surface area contributed by atoms with Gasteiger partial charge in [-0.25, -0.2) is 0 Å². The standard InChI is InChI=1S/C32H54O4/c1-5-7-9-11-13-15-17-29-23-33-31(35-25(29)3)27-19-21-28(22-20-27)32-34-24-30(26(4)36-32)18-16-14-12-10-8-6-2/h19-22,25-26,29-32H,5-18,23-24H2,1-4H3/t25-,26-,29+,30+,31+,32+/m1/s1. The molecule has 2 fully saturated rings. The van der Waals surface area contributed by atoms with Crippen LogP contribution in [0, 0.1) is 11.8 Å². The lowest BCUT2D eigenvalue weighted by Crippen LogP contribution is -2.34. The van der Waals surface area contributed by atoms with Crippen molar-refractivity contribution in [1.82, 2.24) is 0 Å². The molecule has 0 amide bonds. The first-order valence-corrected chi connectivity index (χ1v) is 15.3. The van der Waals surface area contributed by atoms with Crippen LogP contribution >= 0.6 is 0 Å². The van der Waals surface area contributed by atoms with Crippen LogP contribution in [0.3, 0.4) is 0 Å². The average molecular weight is 503 g/mol. The van der Waals surface area contributed by atoms with Crippen molar-refractivity contribution in [3.05, 3.63) is 35.4 Å². The van der Waals surface area contributed by atoms with Gasteiger partial charge in [-0.15, -0.1) is 0 Å². The van der Waals surface area contributed by atoms with Gasteiger partial charge >= 0.3 is 0 Å². The zero-order valence-corrected chi connectivity index (χ0v) is 23.7. The minimum absolute atomic E-state index is 0.230. The monoisotopic (exact) mass is 502 g/mol. The molecule has 0 aliphatic carbocycles. The molecule has 1 aromatic rings. The molecule has 2 saturated heterocycles. The smallest absolute Gasteiger partial charge is 0.184 e. The van der Waals surface area contributed by atoms with Gasteiger partial charge in [-0.05, 0) is 26.7 Å². The Balaban J connectivity index is 1.37. The Morgan fingerprint density at radius 1 is 0.556 bits per heavy atom. The summed E-state index contributed by atoms with van der Waals surface area (Å²) in [5.74, 6) is 1.00. The predicted molar refractivity (Wildman–Crippen MR) is 148 cm³/mol. The fraction of sp³-hybridized carbons (Fsp3) is 0.812. The number of benzene rings is 1. The fourth-order valence-electron chi connectivity index (χ4n) is 5.55. The summed E-state index contributed by atoms with van der Waals surface area (Å²) in [7, 11) is 0. The van der Waals surface area contributed by atoms with Gasteiger partial charge in [0.15, 0.2) is 12.6 Å². The lowest BCUT2D eigenvalue weighted by atomic mass is 9.95. The molecule has 2 heterocycles. The Kier molecular flexibility index (Phi) is 13.8. The van der Waals surface area contributed by atoms with Gasteiger partial charge in [0.1, 0.15) is 0 Å². The quantitative estimate of drug-likeness (QED) is 0.211. The number of hydrogen-bond donors (Lipinski definition) is 0. The van der Waals surface area contributed by atoms with Crippen molar-refractivity contribution in [2.45, 2.75) is 142 Å². The summed E-state index contributed by atoms with van der Waals surface area (Å²) in [5.41, 5.74) is 2.15. The molecule has 1 aromatic carbocycles. The number of hydrogen-bond acceptors (Lipinski definition) is 4. The van der Waals surface area contributed by atoms with E-state index in [1.54, 1.807) is 0 Å². The zero-order valence-electron chi connectivity index (χ0n) is 23.7. The lowest BCUT2D eigenvalue weighted by molar-refractivity contribution is -0.239. The molecule has 2 aliphatic rings. The predicted octanol–water partition coefficient (Wildman–Crippen LogP) is 9.29. The summed E-state index contributed by atoms with van der Waals surface area (Å²) in [5, 5.41) is 0. The van der Waals surface area contributed by atoms with E-state index in [1.165, 1.54) is 89.9 Å². The van der Waals surface area contributed by atoms with Gasteiger partial charge in [-0.3, -0.25) is 0 Å². The van der Waals surface area contributed by atoms with E-state index >= 15 is 0 Å². The van der Waals surface area contributed by atoms with Crippen molar-refractivity contribution in [3.8, 4) is 0 Å². The van der Waals surface area contributed by atoms with Crippen LogP contribution in [0.2, 0.25) is 0 Å². The van der Waals surface area contributed by atoms with Crippen LogP contribution in [0.25, 0.3) is 0 Å². The Morgan fingerprint density at radius 3 is 1.28 bits per heavy atom. The maximum Gasteiger partial charge on any atom is 0.184 e. The van der Waals surface area contributed by atoms with Crippen molar-refractivity contribution in [2.24, 2.45) is 11.8 Å². The van der Waals surface area contributed by atoms with Gasteiger partial charge in [-0.2, -0.15) is 0 Å². The lowest BCUT2D eigenvalue weighted by Gasteiger charge is -2.36. The molecule has 4 heteroatoms. The molecule has 4 nitrogen and oxygen atoms in total. The molecule has 3 rings (SSSR count). The van der Waals surface area contributed by atoms with Gasteiger partial charge in [0, 0.05) is 23.0 Å². The maximum atomic E-state index is 6.28. The van der Waals surface area contributed by atoms with E-state index in [9.17, 15) is 0 Å². The van der Waals surface area contributed by atoms with E-state index in [1.807, 2.05) is 0 Å². The second-order valence-electron chi connectivity index (χ2n) is 11.3. The normalized spacial score (nSPS) is 28.9. The summed E-state index contributed by atoms with van der Waals surface area (Å²) in [6.45, 7) is 10.5. The van der Waals surface area contributed by atoms with Crippen molar-refractivity contribution < 1.29 is 18.9 Å². The van der Waals surface area contributed by atoms with Crippen molar-refractivity contribution in [1.29, 1.82) is 0 Å². The molecule has 6 atom stereocenters. The number of rotatable bonds is 16. The highest BCUT2D eigenvalue weighted by molar-refractivity contribution is 5.24. The van der Waals surface area contributed by atoms with Gasteiger partial charge < -0.3 is 18.9 Å². The highest BCUT2D eigenvalue weighted by Gasteiger charge is 2.31. The van der Waals surface area contributed by atoms with Crippen molar-refractivity contribution in [3.63, 3.8) is 0 Å². The summed E-state index contributed by atoms with van der Waals surface area (Å²) in [6.07, 6.45) is 18.4. The van der Waals surface area contributed by atoms with Crippen LogP contribution in [0.4, 0.5) is 0 Å². The average Bonchev–Trinajstić information content (AvgIpc) is 2.89. The highest BCUT2D eigenvalue weighted by atomic mass is 16.7. The second-order valence-corrected chi connectivity index (χ2v) is 11.3. The van der Waals surface area contributed by atoms with Gasteiger partial charge in [0.25, 0.3) is 0 Å². The fourth-order valence-corrected chi connectivity index (χ4v) is 5.55. The summed E-state index contributed by atoms with van der Waals surface area (Å²) >= 11 is 0. The molecule has 0 radical (unpaired) electrons. The van der Waals surface area contributed by atoms with Crippen LogP contribution in [-0.2, 0) is 18.9 Å². The Bertz CT molecular complexity index is 631. The van der Waals surface area contributed by atoms with Crippen LogP contribution in [0.5, 0.6) is 0 Å². The van der Waals surface area contributed by atoms with Crippen LogP contribution in [0.1, 0.15) is 141 Å². The van der Waals surface area contributed by atoms with Gasteiger partial charge in [0.2, 0.25) is 0 Å². The molecule has 36 heavy (non-hydrogen) atoms. The summed E-state index contributed by atoms with van der Waals surface area (Å²) < 4.78 is 24.8. The molecule has 206 valence electrons. The molecule has 0 saturated carbocycles. The van der Waals surface area contributed by atoms with Gasteiger partial charge in [0.05, 0.1) is 25.4 Å². The largest absolute Gasteiger partial charge is 0.348 e. The van der Waals surface area contributed by atoms with Crippen molar-refractivity contribution in [2.75, 3.05) is 13.2 Å². The van der Waals surface area contributed by atoms with E-state index < -0.39 is 0 Å². The van der Waals surface area contributed by atoms with Crippen LogP contribution in [-0.4, -0.2) is 25.4 Å². The highest BCUT2D eigenvalue weighted by Crippen LogP contribution is 2.35. The second kappa shape index (κ2) is 16.8. The Hall–Kier alpha value is -0.940. The minimum atomic E-state index is -0.274. The van der Waals surface area contributed by atoms with Crippen molar-refractivity contribution >= 4 is 0 Å². The summed E-state index contributed by atoms with van der Waals surface area (Å²) in [4.78, 5) is 0. The number of unbranched alkanes of at least 4 members (excludes halogenated alkanes) is 10.